The van der Waals surface area contributed by atoms with E-state index in [2.05, 4.69) is 23.2 Å². The van der Waals surface area contributed by atoms with Gasteiger partial charge >= 0.3 is 6.18 Å². The molecule has 1 unspecified atom stereocenters. The van der Waals surface area contributed by atoms with Crippen molar-refractivity contribution < 1.29 is 36.9 Å². The molecule has 2 aromatic rings. The number of carbonyl (C=O) groups is 1. The number of primary amides is 1. The molecule has 0 saturated carbocycles. The first kappa shape index (κ1) is 28.5. The third-order valence-electron chi connectivity index (χ3n) is 6.10. The van der Waals surface area contributed by atoms with Crippen LogP contribution in [-0.2, 0) is 12.8 Å². The molecule has 2 aromatic carbocycles. The number of anilines is 1. The van der Waals surface area contributed by atoms with E-state index in [0.29, 0.717) is 31.5 Å². The lowest BCUT2D eigenvalue weighted by Crippen LogP contribution is -2.33. The zero-order chi connectivity index (χ0) is 27.2. The quantitative estimate of drug-likeness (QED) is 0.272. The van der Waals surface area contributed by atoms with E-state index in [0.717, 1.165) is 41.4 Å². The third kappa shape index (κ3) is 7.96. The summed E-state index contributed by atoms with van der Waals surface area (Å²) < 4.78 is 61.2. The number of aliphatic hydroxyl groups excluding tert-OH is 1. The first-order chi connectivity index (χ1) is 17.5. The Kier molecular flexibility index (Phi) is 9.61. The van der Waals surface area contributed by atoms with Gasteiger partial charge in [-0.2, -0.15) is 13.2 Å². The molecule has 1 amide bonds. The SMILES string of the molecule is CC1Cc2cc(C[C@@H](C)NCCOc3cc(F)ccc3OCC(F)(F)F)cc(C(N)=O)c2N1CCCO. The summed E-state index contributed by atoms with van der Waals surface area (Å²) in [5.74, 6) is -1.45. The molecule has 204 valence electrons. The highest BCUT2D eigenvalue weighted by molar-refractivity contribution is 6.00. The highest BCUT2D eigenvalue weighted by atomic mass is 19.4. The summed E-state index contributed by atoms with van der Waals surface area (Å²) in [6.45, 7) is 3.64. The summed E-state index contributed by atoms with van der Waals surface area (Å²) in [6.07, 6.45) is -2.56. The van der Waals surface area contributed by atoms with E-state index in [9.17, 15) is 27.5 Å². The predicted octanol–water partition coefficient (Wildman–Crippen LogP) is 3.60. The second kappa shape index (κ2) is 12.5. The minimum absolute atomic E-state index is 0.0276. The van der Waals surface area contributed by atoms with Gasteiger partial charge in [0.25, 0.3) is 5.91 Å². The lowest BCUT2D eigenvalue weighted by Gasteiger charge is -2.26. The number of benzene rings is 2. The minimum Gasteiger partial charge on any atom is -0.488 e. The fourth-order valence-electron chi connectivity index (χ4n) is 4.55. The number of rotatable bonds is 13. The lowest BCUT2D eigenvalue weighted by molar-refractivity contribution is -0.153. The molecule has 3 rings (SSSR count). The summed E-state index contributed by atoms with van der Waals surface area (Å²) in [5, 5.41) is 12.5. The summed E-state index contributed by atoms with van der Waals surface area (Å²) in [4.78, 5) is 14.4. The van der Waals surface area contributed by atoms with Crippen LogP contribution in [0.1, 0.15) is 41.8 Å². The number of ether oxygens (including phenoxy) is 2. The molecule has 4 N–H and O–H groups in total. The number of carbonyl (C=O) groups excluding carboxylic acids is 1. The van der Waals surface area contributed by atoms with Gasteiger partial charge in [-0.25, -0.2) is 4.39 Å². The van der Waals surface area contributed by atoms with Gasteiger partial charge in [0.15, 0.2) is 18.1 Å². The number of nitrogens with zero attached hydrogens (tertiary/aromatic N) is 1. The fraction of sp³-hybridized carbons (Fsp3) is 0.500. The fourth-order valence-corrected chi connectivity index (χ4v) is 4.55. The third-order valence-corrected chi connectivity index (χ3v) is 6.10. The van der Waals surface area contributed by atoms with Crippen LogP contribution in [0, 0.1) is 5.82 Å². The average Bonchev–Trinajstić information content (AvgIpc) is 3.13. The van der Waals surface area contributed by atoms with Gasteiger partial charge in [-0.1, -0.05) is 6.07 Å². The molecule has 0 saturated heterocycles. The average molecular weight is 528 g/mol. The molecule has 0 aliphatic carbocycles. The number of nitrogens with one attached hydrogen (secondary N) is 1. The molecule has 37 heavy (non-hydrogen) atoms. The number of alkyl halides is 3. The van der Waals surface area contributed by atoms with Crippen molar-refractivity contribution in [3.63, 3.8) is 0 Å². The maximum absolute atomic E-state index is 13.6. The largest absolute Gasteiger partial charge is 0.488 e. The predicted molar refractivity (Wildman–Crippen MR) is 132 cm³/mol. The van der Waals surface area contributed by atoms with Crippen LogP contribution in [0.4, 0.5) is 23.2 Å². The Balaban J connectivity index is 1.58. The molecule has 2 atom stereocenters. The van der Waals surface area contributed by atoms with Gasteiger partial charge in [0.2, 0.25) is 0 Å². The maximum atomic E-state index is 13.6. The van der Waals surface area contributed by atoms with E-state index < -0.39 is 24.5 Å². The van der Waals surface area contributed by atoms with Crippen molar-refractivity contribution in [1.82, 2.24) is 5.32 Å². The number of halogens is 4. The van der Waals surface area contributed by atoms with Crippen molar-refractivity contribution in [1.29, 1.82) is 0 Å². The number of hydrogen-bond acceptors (Lipinski definition) is 6. The van der Waals surface area contributed by atoms with E-state index >= 15 is 0 Å². The van der Waals surface area contributed by atoms with Gasteiger partial charge in [-0.3, -0.25) is 4.79 Å². The Morgan fingerprint density at radius 3 is 2.68 bits per heavy atom. The molecule has 0 bridgehead atoms. The topological polar surface area (TPSA) is 97.0 Å². The molecule has 0 aromatic heterocycles. The van der Waals surface area contributed by atoms with Gasteiger partial charge in [0.05, 0.1) is 11.3 Å². The summed E-state index contributed by atoms with van der Waals surface area (Å²) in [7, 11) is 0. The standard InChI is InChI=1S/C26H33F4N3O4/c1-16(32-6-9-36-23-14-20(27)4-5-22(23)37-15-26(28,29)30)10-18-12-19-11-17(2)33(7-3-8-34)24(19)21(13-18)25(31)35/h4-5,12-14,16-17,32,34H,3,6-11,15H2,1-2H3,(H2,31,35)/t16-,17?/m1/s1. The minimum atomic E-state index is -4.52. The van der Waals surface area contributed by atoms with Crippen LogP contribution in [0.2, 0.25) is 0 Å². The molecule has 0 spiro atoms. The Morgan fingerprint density at radius 2 is 2.00 bits per heavy atom. The van der Waals surface area contributed by atoms with E-state index in [1.807, 2.05) is 6.92 Å². The van der Waals surface area contributed by atoms with Gasteiger partial charge in [0, 0.05) is 37.8 Å². The van der Waals surface area contributed by atoms with Gasteiger partial charge in [-0.05, 0) is 62.4 Å². The van der Waals surface area contributed by atoms with Crippen LogP contribution >= 0.6 is 0 Å². The van der Waals surface area contributed by atoms with Crippen LogP contribution in [-0.4, -0.2) is 62.2 Å². The number of fused-ring (bicyclic) bond motifs is 1. The van der Waals surface area contributed by atoms with E-state index in [1.54, 1.807) is 6.07 Å². The van der Waals surface area contributed by atoms with Crippen LogP contribution in [0.5, 0.6) is 11.5 Å². The van der Waals surface area contributed by atoms with Crippen molar-refractivity contribution in [3.8, 4) is 11.5 Å². The molecular formula is C26H33F4N3O4. The number of nitrogens with two attached hydrogens (primary N) is 1. The molecule has 1 heterocycles. The van der Waals surface area contributed by atoms with Crippen molar-refractivity contribution in [2.24, 2.45) is 5.73 Å². The second-order valence-corrected chi connectivity index (χ2v) is 9.24. The van der Waals surface area contributed by atoms with Crippen molar-refractivity contribution in [2.45, 2.75) is 51.4 Å². The van der Waals surface area contributed by atoms with E-state index in [-0.39, 0.29) is 36.8 Å². The first-order valence-corrected chi connectivity index (χ1v) is 12.2. The number of hydrogen-bond donors (Lipinski definition) is 3. The Hall–Kier alpha value is -3.05. The maximum Gasteiger partial charge on any atom is 0.422 e. The van der Waals surface area contributed by atoms with Crippen molar-refractivity contribution >= 4 is 11.6 Å². The summed E-state index contributed by atoms with van der Waals surface area (Å²) >= 11 is 0. The van der Waals surface area contributed by atoms with Crippen LogP contribution < -0.4 is 25.4 Å². The van der Waals surface area contributed by atoms with Gasteiger partial charge < -0.3 is 30.5 Å². The van der Waals surface area contributed by atoms with Crippen LogP contribution in [0.3, 0.4) is 0 Å². The van der Waals surface area contributed by atoms with Gasteiger partial charge in [0.1, 0.15) is 12.4 Å². The molecular weight excluding hydrogens is 494 g/mol. The molecule has 0 fully saturated rings. The first-order valence-electron chi connectivity index (χ1n) is 12.2. The van der Waals surface area contributed by atoms with Crippen LogP contribution in [0.25, 0.3) is 0 Å². The smallest absolute Gasteiger partial charge is 0.422 e. The molecule has 1 aliphatic heterocycles. The molecule has 1 aliphatic rings. The Bertz CT molecular complexity index is 1080. The van der Waals surface area contributed by atoms with E-state index in [4.69, 9.17) is 15.2 Å². The Labute approximate surface area is 213 Å². The van der Waals surface area contributed by atoms with Gasteiger partial charge in [-0.15, -0.1) is 0 Å². The normalized spacial score (nSPS) is 16.0. The lowest BCUT2D eigenvalue weighted by atomic mass is 9.97. The number of amides is 1. The highest BCUT2D eigenvalue weighted by Crippen LogP contribution is 2.37. The van der Waals surface area contributed by atoms with Crippen molar-refractivity contribution in [2.75, 3.05) is 37.8 Å². The monoisotopic (exact) mass is 527 g/mol. The molecule has 0 radical (unpaired) electrons. The summed E-state index contributed by atoms with van der Waals surface area (Å²) in [5.41, 5.74) is 8.99. The van der Waals surface area contributed by atoms with Crippen molar-refractivity contribution in [3.05, 3.63) is 52.8 Å². The Morgan fingerprint density at radius 1 is 1.24 bits per heavy atom. The molecule has 11 heteroatoms. The summed E-state index contributed by atoms with van der Waals surface area (Å²) in [6, 6.07) is 7.12. The van der Waals surface area contributed by atoms with E-state index in [1.165, 1.54) is 0 Å². The number of aliphatic hydroxyl groups is 1. The zero-order valence-corrected chi connectivity index (χ0v) is 20.9. The second-order valence-electron chi connectivity index (χ2n) is 9.24. The zero-order valence-electron chi connectivity index (χ0n) is 20.9. The molecule has 7 nitrogen and oxygen atoms in total. The highest BCUT2D eigenvalue weighted by Gasteiger charge is 2.31. The van der Waals surface area contributed by atoms with Crippen LogP contribution in [0.15, 0.2) is 30.3 Å².